The third-order valence-corrected chi connectivity index (χ3v) is 12.2. The SMILES string of the molecule is CCCCC/C=C\C/C=C\C/C=C\CCCCCCCCC(=O)OC(COCCCCCCCCCCCCCC/C=C\CCCCCCCCCC)COP(=O)(O)OCCN. The van der Waals surface area contributed by atoms with Gasteiger partial charge in [0.15, 0.2) is 0 Å². The summed E-state index contributed by atoms with van der Waals surface area (Å²) in [6, 6.07) is 0. The molecule has 8 nitrogen and oxygen atoms in total. The summed E-state index contributed by atoms with van der Waals surface area (Å²) >= 11 is 0. The topological polar surface area (TPSA) is 117 Å². The van der Waals surface area contributed by atoms with Crippen molar-refractivity contribution in [2.75, 3.05) is 33.0 Å². The van der Waals surface area contributed by atoms with Crippen LogP contribution in [0.3, 0.4) is 0 Å². The number of hydrogen-bond acceptors (Lipinski definition) is 7. The first-order valence-corrected chi connectivity index (χ1v) is 27.6. The van der Waals surface area contributed by atoms with Crippen molar-refractivity contribution in [1.82, 2.24) is 0 Å². The van der Waals surface area contributed by atoms with Crippen molar-refractivity contribution in [2.45, 2.75) is 251 Å². The lowest BCUT2D eigenvalue weighted by Crippen LogP contribution is -2.28. The minimum absolute atomic E-state index is 0.0972. The Morgan fingerprint density at radius 1 is 0.484 bits per heavy atom. The Labute approximate surface area is 383 Å². The number of carbonyl (C=O) groups is 1. The average molecular weight is 894 g/mol. The van der Waals surface area contributed by atoms with Gasteiger partial charge in [-0.15, -0.1) is 0 Å². The molecule has 0 aliphatic rings. The van der Waals surface area contributed by atoms with E-state index >= 15 is 0 Å². The number of rotatable bonds is 50. The maximum atomic E-state index is 12.6. The molecule has 0 aliphatic carbocycles. The molecular weight excluding hydrogens is 794 g/mol. The molecule has 0 bridgehead atoms. The quantitative estimate of drug-likeness (QED) is 0.0268. The van der Waals surface area contributed by atoms with Gasteiger partial charge in [0, 0.05) is 19.6 Å². The Balaban J connectivity index is 3.94. The van der Waals surface area contributed by atoms with Gasteiger partial charge in [-0.25, -0.2) is 4.57 Å². The zero-order chi connectivity index (χ0) is 45.1. The van der Waals surface area contributed by atoms with Gasteiger partial charge in [0.1, 0.15) is 6.10 Å². The van der Waals surface area contributed by atoms with Crippen molar-refractivity contribution in [3.63, 3.8) is 0 Å². The minimum Gasteiger partial charge on any atom is -0.457 e. The molecular formula is C53H100NO7P. The predicted octanol–water partition coefficient (Wildman–Crippen LogP) is 16.3. The molecule has 0 radical (unpaired) electrons. The summed E-state index contributed by atoms with van der Waals surface area (Å²) in [6.07, 6.45) is 61.5. The second-order valence-corrected chi connectivity index (χ2v) is 18.8. The third-order valence-electron chi connectivity index (χ3n) is 11.2. The van der Waals surface area contributed by atoms with E-state index in [-0.39, 0.29) is 32.3 Å². The van der Waals surface area contributed by atoms with Crippen LogP contribution in [0.2, 0.25) is 0 Å². The maximum absolute atomic E-state index is 12.6. The number of unbranched alkanes of at least 4 members (excludes halogenated alkanes) is 29. The van der Waals surface area contributed by atoms with E-state index in [0.717, 1.165) is 57.8 Å². The lowest BCUT2D eigenvalue weighted by atomic mass is 10.0. The minimum atomic E-state index is -4.29. The average Bonchev–Trinajstić information content (AvgIpc) is 3.26. The first kappa shape index (κ1) is 60.5. The molecule has 3 N–H and O–H groups in total. The number of hydrogen-bond donors (Lipinski definition) is 2. The number of phosphoric ester groups is 1. The fraction of sp³-hybridized carbons (Fsp3) is 0.830. The molecule has 2 atom stereocenters. The van der Waals surface area contributed by atoms with Crippen LogP contribution in [0.15, 0.2) is 48.6 Å². The van der Waals surface area contributed by atoms with Crippen LogP contribution >= 0.6 is 7.82 Å². The second-order valence-electron chi connectivity index (χ2n) is 17.4. The van der Waals surface area contributed by atoms with Crippen LogP contribution in [0.5, 0.6) is 0 Å². The zero-order valence-corrected chi connectivity index (χ0v) is 41.5. The lowest BCUT2D eigenvalue weighted by Gasteiger charge is -2.20. The molecule has 62 heavy (non-hydrogen) atoms. The van der Waals surface area contributed by atoms with Crippen LogP contribution in [-0.4, -0.2) is 49.9 Å². The van der Waals surface area contributed by atoms with E-state index in [0.29, 0.717) is 13.0 Å². The van der Waals surface area contributed by atoms with Gasteiger partial charge in [0.25, 0.3) is 0 Å². The van der Waals surface area contributed by atoms with E-state index in [1.165, 1.54) is 167 Å². The summed E-state index contributed by atoms with van der Waals surface area (Å²) in [6.45, 7) is 4.91. The number of nitrogens with two attached hydrogens (primary N) is 1. The first-order valence-electron chi connectivity index (χ1n) is 26.1. The summed E-state index contributed by atoms with van der Waals surface area (Å²) in [5.41, 5.74) is 5.39. The largest absolute Gasteiger partial charge is 0.472 e. The summed E-state index contributed by atoms with van der Waals surface area (Å²) in [5.74, 6) is -0.340. The molecule has 0 spiro atoms. The van der Waals surface area contributed by atoms with E-state index in [1.54, 1.807) is 0 Å². The van der Waals surface area contributed by atoms with E-state index in [9.17, 15) is 14.3 Å². The molecule has 0 heterocycles. The predicted molar refractivity (Wildman–Crippen MR) is 266 cm³/mol. The number of allylic oxidation sites excluding steroid dienone is 8. The molecule has 0 saturated carbocycles. The van der Waals surface area contributed by atoms with Gasteiger partial charge < -0.3 is 20.1 Å². The van der Waals surface area contributed by atoms with Gasteiger partial charge in [-0.3, -0.25) is 13.8 Å². The van der Waals surface area contributed by atoms with Gasteiger partial charge in [0.2, 0.25) is 0 Å². The van der Waals surface area contributed by atoms with Gasteiger partial charge in [-0.1, -0.05) is 210 Å². The van der Waals surface area contributed by atoms with Crippen LogP contribution in [0.4, 0.5) is 0 Å². The monoisotopic (exact) mass is 894 g/mol. The fourth-order valence-electron chi connectivity index (χ4n) is 7.35. The van der Waals surface area contributed by atoms with Crippen molar-refractivity contribution < 1.29 is 32.8 Å². The van der Waals surface area contributed by atoms with Crippen LogP contribution in [0, 0.1) is 0 Å². The zero-order valence-electron chi connectivity index (χ0n) is 40.6. The highest BCUT2D eigenvalue weighted by atomic mass is 31.2. The Morgan fingerprint density at radius 2 is 0.855 bits per heavy atom. The Morgan fingerprint density at radius 3 is 1.32 bits per heavy atom. The number of phosphoric acid groups is 1. The highest BCUT2D eigenvalue weighted by molar-refractivity contribution is 7.47. The summed E-state index contributed by atoms with van der Waals surface area (Å²) in [5, 5.41) is 0. The number of carbonyl (C=O) groups excluding carboxylic acids is 1. The van der Waals surface area contributed by atoms with E-state index < -0.39 is 13.9 Å². The molecule has 364 valence electrons. The lowest BCUT2D eigenvalue weighted by molar-refractivity contribution is -0.154. The molecule has 2 unspecified atom stereocenters. The van der Waals surface area contributed by atoms with Gasteiger partial charge in [-0.2, -0.15) is 0 Å². The van der Waals surface area contributed by atoms with E-state index in [1.807, 2.05) is 0 Å². The normalized spacial score (nSPS) is 13.7. The van der Waals surface area contributed by atoms with Gasteiger partial charge in [-0.05, 0) is 77.0 Å². The third kappa shape index (κ3) is 49.5. The highest BCUT2D eigenvalue weighted by Crippen LogP contribution is 2.43. The molecule has 0 aromatic carbocycles. The van der Waals surface area contributed by atoms with Gasteiger partial charge in [0.05, 0.1) is 19.8 Å². The summed E-state index contributed by atoms with van der Waals surface area (Å²) in [4.78, 5) is 22.6. The van der Waals surface area contributed by atoms with Crippen molar-refractivity contribution >= 4 is 13.8 Å². The molecule has 9 heteroatoms. The molecule has 0 aromatic heterocycles. The standard InChI is InChI=1S/C53H100NO7P/c1-3-5-7-9-11-13-15-17-19-21-23-24-25-26-27-29-31-33-35-37-39-41-43-45-48-58-50-52(51-60-62(56,57)59-49-47-54)61-53(55)46-44-42-40-38-36-34-32-30-28-22-20-18-16-14-12-10-8-6-4-2/h12,14,18,20-21,23,28,30,52H,3-11,13,15-17,19,22,24-27,29,31-51,54H2,1-2H3,(H,56,57)/b14-12-,20-18-,23-21-,30-28-. The fourth-order valence-corrected chi connectivity index (χ4v) is 8.12. The van der Waals surface area contributed by atoms with Crippen molar-refractivity contribution in [1.29, 1.82) is 0 Å². The van der Waals surface area contributed by atoms with E-state index in [2.05, 4.69) is 62.5 Å². The molecule has 0 amide bonds. The molecule has 0 rings (SSSR count). The maximum Gasteiger partial charge on any atom is 0.472 e. The highest BCUT2D eigenvalue weighted by Gasteiger charge is 2.25. The van der Waals surface area contributed by atoms with Crippen LogP contribution in [0.1, 0.15) is 245 Å². The Kier molecular flexibility index (Phi) is 49.2. The van der Waals surface area contributed by atoms with Crippen molar-refractivity contribution in [3.8, 4) is 0 Å². The molecule has 0 fully saturated rings. The van der Waals surface area contributed by atoms with E-state index in [4.69, 9.17) is 24.3 Å². The smallest absolute Gasteiger partial charge is 0.457 e. The van der Waals surface area contributed by atoms with Crippen molar-refractivity contribution in [2.24, 2.45) is 5.73 Å². The Bertz CT molecular complexity index is 1090. The first-order chi connectivity index (χ1) is 30.4. The summed E-state index contributed by atoms with van der Waals surface area (Å²) < 4.78 is 33.6. The number of ether oxygens (including phenoxy) is 2. The van der Waals surface area contributed by atoms with Crippen LogP contribution in [-0.2, 0) is 27.9 Å². The van der Waals surface area contributed by atoms with Crippen LogP contribution < -0.4 is 5.73 Å². The second kappa shape index (κ2) is 50.5. The number of esters is 1. The molecule has 0 aliphatic heterocycles. The molecule has 0 aromatic rings. The van der Waals surface area contributed by atoms with Crippen LogP contribution in [0.25, 0.3) is 0 Å². The summed E-state index contributed by atoms with van der Waals surface area (Å²) in [7, 11) is -4.29. The molecule has 0 saturated heterocycles. The van der Waals surface area contributed by atoms with Gasteiger partial charge >= 0.3 is 13.8 Å². The Hall–Kier alpha value is -1.54. The van der Waals surface area contributed by atoms with Crippen molar-refractivity contribution in [3.05, 3.63) is 48.6 Å².